The number of rotatable bonds is 7. The number of amides is 1. The third-order valence-corrected chi connectivity index (χ3v) is 8.03. The molecule has 1 aliphatic heterocycles. The van der Waals surface area contributed by atoms with Crippen LogP contribution in [0.3, 0.4) is 0 Å². The molecule has 4 heterocycles. The fraction of sp³-hybridized carbons (Fsp3) is 0.385. The van der Waals surface area contributed by atoms with Gasteiger partial charge in [0.25, 0.3) is 0 Å². The van der Waals surface area contributed by atoms with Crippen LogP contribution in [0.1, 0.15) is 37.5 Å². The van der Waals surface area contributed by atoms with Gasteiger partial charge in [-0.2, -0.15) is 5.10 Å². The van der Waals surface area contributed by atoms with Crippen molar-refractivity contribution in [2.24, 2.45) is 5.92 Å². The van der Waals surface area contributed by atoms with Crippen molar-refractivity contribution in [3.63, 3.8) is 0 Å². The summed E-state index contributed by atoms with van der Waals surface area (Å²) in [6.07, 6.45) is 6.66. The molecule has 6 rings (SSSR count). The highest BCUT2D eigenvalue weighted by atomic mass is 32.2. The summed E-state index contributed by atoms with van der Waals surface area (Å²) in [5, 5.41) is 10.8. The van der Waals surface area contributed by atoms with Gasteiger partial charge in [0.05, 0.1) is 28.0 Å². The molecule has 0 radical (unpaired) electrons. The minimum atomic E-state index is -3.61. The van der Waals surface area contributed by atoms with Crippen molar-refractivity contribution >= 4 is 44.1 Å². The second-order valence-electron chi connectivity index (χ2n) is 9.97. The predicted octanol–water partition coefficient (Wildman–Crippen LogP) is 3.98. The topological polar surface area (TPSA) is 144 Å². The van der Waals surface area contributed by atoms with E-state index in [1.165, 1.54) is 6.26 Å². The third kappa shape index (κ3) is 5.01. The monoisotopic (exact) mass is 535 g/mol. The van der Waals surface area contributed by atoms with Gasteiger partial charge in [-0.15, -0.1) is 0 Å². The fourth-order valence-electron chi connectivity index (χ4n) is 4.72. The summed E-state index contributed by atoms with van der Waals surface area (Å²) in [6, 6.07) is 9.06. The van der Waals surface area contributed by atoms with E-state index in [-0.39, 0.29) is 22.8 Å². The van der Waals surface area contributed by atoms with E-state index in [1.807, 2.05) is 29.9 Å². The summed E-state index contributed by atoms with van der Waals surface area (Å²) >= 11 is 0. The molecule has 0 bridgehead atoms. The Morgan fingerprint density at radius 1 is 1.08 bits per heavy atom. The molecular weight excluding hydrogens is 506 g/mol. The standard InChI is InChI=1S/C26H29N7O4S/c1-15-27-24-21(14-23(30-25(24)28-15)31-26(34)16-3-4-16)29-20-6-5-17(13-22(20)38(2,35)36)19-7-10-33(32-19)18-8-11-37-12-9-18/h5-7,10,13-14,16,18H,3-4,8-9,11-12H2,1-2H3,(H3,27,28,29,30,31,34). The van der Waals surface area contributed by atoms with Gasteiger partial charge < -0.3 is 20.4 Å². The molecule has 12 heteroatoms. The molecule has 1 amide bonds. The largest absolute Gasteiger partial charge is 0.381 e. The second kappa shape index (κ2) is 9.52. The highest BCUT2D eigenvalue weighted by Gasteiger charge is 2.30. The van der Waals surface area contributed by atoms with Crippen LogP contribution < -0.4 is 10.6 Å². The van der Waals surface area contributed by atoms with E-state index in [1.54, 1.807) is 18.2 Å². The van der Waals surface area contributed by atoms with Crippen molar-refractivity contribution in [2.45, 2.75) is 43.5 Å². The molecule has 2 aliphatic rings. The van der Waals surface area contributed by atoms with Crippen molar-refractivity contribution in [2.75, 3.05) is 30.1 Å². The number of imidazole rings is 1. The highest BCUT2D eigenvalue weighted by Crippen LogP contribution is 2.34. The number of aromatic amines is 1. The Labute approximate surface area is 219 Å². The molecule has 1 aromatic carbocycles. The van der Waals surface area contributed by atoms with Crippen LogP contribution in [0.5, 0.6) is 0 Å². The number of carbonyl (C=O) groups is 1. The van der Waals surface area contributed by atoms with Gasteiger partial charge in [0.1, 0.15) is 17.2 Å². The SMILES string of the molecule is Cc1nc2c(Nc3ccc(-c4ccn(C5CCOCC5)n4)cc3S(C)(=O)=O)cc(NC(=O)C3CC3)nc2[nH]1. The van der Waals surface area contributed by atoms with Crippen LogP contribution in [0.4, 0.5) is 17.2 Å². The lowest BCUT2D eigenvalue weighted by atomic mass is 10.1. The number of aryl methyl sites for hydroxylation is 1. The number of hydrogen-bond acceptors (Lipinski definition) is 8. The Hall–Kier alpha value is -3.77. The normalized spacial score (nSPS) is 16.6. The molecular formula is C26H29N7O4S. The summed E-state index contributed by atoms with van der Waals surface area (Å²) in [5.41, 5.74) is 3.38. The quantitative estimate of drug-likeness (QED) is 0.322. The maximum atomic E-state index is 12.9. The van der Waals surface area contributed by atoms with Crippen LogP contribution in [0, 0.1) is 12.8 Å². The van der Waals surface area contributed by atoms with Crippen LogP contribution in [0.15, 0.2) is 41.4 Å². The van der Waals surface area contributed by atoms with Gasteiger partial charge in [-0.1, -0.05) is 6.07 Å². The molecule has 1 saturated carbocycles. The molecule has 3 N–H and O–H groups in total. The molecule has 11 nitrogen and oxygen atoms in total. The minimum absolute atomic E-state index is 0.0201. The molecule has 198 valence electrons. The molecule has 38 heavy (non-hydrogen) atoms. The lowest BCUT2D eigenvalue weighted by molar-refractivity contribution is -0.117. The van der Waals surface area contributed by atoms with Crippen molar-refractivity contribution in [1.82, 2.24) is 24.7 Å². The zero-order valence-electron chi connectivity index (χ0n) is 21.2. The lowest BCUT2D eigenvalue weighted by Gasteiger charge is -2.22. The summed E-state index contributed by atoms with van der Waals surface area (Å²) < 4.78 is 33.1. The first-order chi connectivity index (χ1) is 18.2. The average molecular weight is 536 g/mol. The van der Waals surface area contributed by atoms with Gasteiger partial charge in [0.15, 0.2) is 15.5 Å². The van der Waals surface area contributed by atoms with Gasteiger partial charge in [0.2, 0.25) is 5.91 Å². The number of benzene rings is 1. The number of nitrogens with one attached hydrogen (secondary N) is 3. The first kappa shape index (κ1) is 24.6. The summed E-state index contributed by atoms with van der Waals surface area (Å²) in [5.74, 6) is 0.976. The minimum Gasteiger partial charge on any atom is -0.381 e. The van der Waals surface area contributed by atoms with Crippen LogP contribution in [0.25, 0.3) is 22.4 Å². The Morgan fingerprint density at radius 2 is 1.87 bits per heavy atom. The lowest BCUT2D eigenvalue weighted by Crippen LogP contribution is -2.19. The highest BCUT2D eigenvalue weighted by molar-refractivity contribution is 7.90. The zero-order valence-corrected chi connectivity index (χ0v) is 22.0. The van der Waals surface area contributed by atoms with Crippen LogP contribution in [-0.2, 0) is 19.4 Å². The maximum absolute atomic E-state index is 12.9. The van der Waals surface area contributed by atoms with Crippen molar-refractivity contribution < 1.29 is 17.9 Å². The second-order valence-corrected chi connectivity index (χ2v) is 12.0. The number of sulfone groups is 1. The number of nitrogens with zero attached hydrogens (tertiary/aromatic N) is 4. The Bertz CT molecular complexity index is 1630. The fourth-order valence-corrected chi connectivity index (χ4v) is 5.58. The summed E-state index contributed by atoms with van der Waals surface area (Å²) in [6.45, 7) is 3.23. The van der Waals surface area contributed by atoms with Gasteiger partial charge >= 0.3 is 0 Å². The van der Waals surface area contributed by atoms with Crippen LogP contribution >= 0.6 is 0 Å². The average Bonchev–Trinajstić information content (AvgIpc) is 3.50. The molecule has 2 fully saturated rings. The number of ether oxygens (including phenoxy) is 1. The molecule has 4 aromatic rings. The van der Waals surface area contributed by atoms with Crippen LogP contribution in [0.2, 0.25) is 0 Å². The Morgan fingerprint density at radius 3 is 2.61 bits per heavy atom. The predicted molar refractivity (Wildman–Crippen MR) is 143 cm³/mol. The summed E-state index contributed by atoms with van der Waals surface area (Å²) in [4.78, 5) is 24.6. The van der Waals surface area contributed by atoms with E-state index in [0.29, 0.717) is 58.7 Å². The van der Waals surface area contributed by atoms with Gasteiger partial charge in [0, 0.05) is 43.2 Å². The van der Waals surface area contributed by atoms with Crippen LogP contribution in [-0.4, -0.2) is 58.5 Å². The molecule has 0 spiro atoms. The van der Waals surface area contributed by atoms with Gasteiger partial charge in [-0.3, -0.25) is 9.48 Å². The van der Waals surface area contributed by atoms with Crippen molar-refractivity contribution in [1.29, 1.82) is 0 Å². The van der Waals surface area contributed by atoms with E-state index >= 15 is 0 Å². The van der Waals surface area contributed by atoms with E-state index in [4.69, 9.17) is 9.84 Å². The number of carbonyl (C=O) groups excluding carboxylic acids is 1. The number of H-pyrrole nitrogens is 1. The number of aromatic nitrogens is 5. The van der Waals surface area contributed by atoms with E-state index in [2.05, 4.69) is 25.6 Å². The smallest absolute Gasteiger partial charge is 0.228 e. The number of hydrogen-bond donors (Lipinski definition) is 3. The third-order valence-electron chi connectivity index (χ3n) is 6.89. The Kier molecular flexibility index (Phi) is 6.15. The van der Waals surface area contributed by atoms with Gasteiger partial charge in [-0.05, 0) is 50.8 Å². The van der Waals surface area contributed by atoms with E-state index in [9.17, 15) is 13.2 Å². The van der Waals surface area contributed by atoms with Crippen molar-refractivity contribution in [3.8, 4) is 11.3 Å². The molecule has 0 atom stereocenters. The number of pyridine rings is 1. The number of anilines is 3. The zero-order chi connectivity index (χ0) is 26.4. The Balaban J connectivity index is 1.35. The van der Waals surface area contributed by atoms with E-state index in [0.717, 1.165) is 25.7 Å². The van der Waals surface area contributed by atoms with Gasteiger partial charge in [-0.25, -0.2) is 18.4 Å². The maximum Gasteiger partial charge on any atom is 0.228 e. The van der Waals surface area contributed by atoms with E-state index < -0.39 is 9.84 Å². The molecule has 0 unspecified atom stereocenters. The van der Waals surface area contributed by atoms with Crippen molar-refractivity contribution in [3.05, 3.63) is 42.4 Å². The summed E-state index contributed by atoms with van der Waals surface area (Å²) in [7, 11) is -3.61. The first-order valence-electron chi connectivity index (χ1n) is 12.7. The number of fused-ring (bicyclic) bond motifs is 1. The first-order valence-corrected chi connectivity index (χ1v) is 14.6. The molecule has 1 saturated heterocycles. The molecule has 1 aliphatic carbocycles. The molecule has 3 aromatic heterocycles.